The molecule has 1 aromatic heterocycles. The second kappa shape index (κ2) is 7.80. The van der Waals surface area contributed by atoms with E-state index in [9.17, 15) is 4.79 Å². The number of nitrogens with zero attached hydrogens (tertiary/aromatic N) is 1. The number of esters is 1. The molecule has 0 spiro atoms. The van der Waals surface area contributed by atoms with Gasteiger partial charge in [0.1, 0.15) is 0 Å². The number of aryl methyl sites for hydroxylation is 1. The Balaban J connectivity index is 2.00. The van der Waals surface area contributed by atoms with Gasteiger partial charge in [0.2, 0.25) is 0 Å². The molecule has 4 aromatic rings. The van der Waals surface area contributed by atoms with Crippen LogP contribution in [0.2, 0.25) is 0 Å². The van der Waals surface area contributed by atoms with Gasteiger partial charge in [-0.3, -0.25) is 0 Å². The number of ether oxygens (including phenoxy) is 1. The molecule has 0 aliphatic heterocycles. The monoisotopic (exact) mass is 435 g/mol. The van der Waals surface area contributed by atoms with Gasteiger partial charge in [0.15, 0.2) is 0 Å². The largest absolute Gasteiger partial charge is 0.462 e. The summed E-state index contributed by atoms with van der Waals surface area (Å²) in [6.45, 7) is 2.54. The van der Waals surface area contributed by atoms with Crippen LogP contribution in [0.4, 0.5) is 0 Å². The van der Waals surface area contributed by atoms with Gasteiger partial charge in [-0.15, -0.1) is 0 Å². The number of hydrogen-bond acceptors (Lipinski definition) is 2. The van der Waals surface area contributed by atoms with Gasteiger partial charge >= 0.3 is 5.97 Å². The van der Waals surface area contributed by atoms with Crippen molar-refractivity contribution in [3.8, 4) is 11.1 Å². The Morgan fingerprint density at radius 2 is 1.89 bits per heavy atom. The van der Waals surface area contributed by atoms with E-state index >= 15 is 0 Å². The Labute approximate surface area is 173 Å². The highest BCUT2D eigenvalue weighted by Gasteiger charge is 2.20. The van der Waals surface area contributed by atoms with Crippen molar-refractivity contribution in [3.63, 3.8) is 0 Å². The highest BCUT2D eigenvalue weighted by molar-refractivity contribution is 9.10. The smallest absolute Gasteiger partial charge is 0.340 e. The molecular formula is C24H22BrNO2. The summed E-state index contributed by atoms with van der Waals surface area (Å²) in [6, 6.07) is 20.5. The van der Waals surface area contributed by atoms with E-state index in [1.54, 1.807) is 0 Å². The van der Waals surface area contributed by atoms with Crippen molar-refractivity contribution in [2.24, 2.45) is 7.05 Å². The molecule has 4 heteroatoms. The third kappa shape index (κ3) is 3.22. The van der Waals surface area contributed by atoms with E-state index in [-0.39, 0.29) is 5.97 Å². The second-order valence-electron chi connectivity index (χ2n) is 6.96. The van der Waals surface area contributed by atoms with E-state index in [1.165, 1.54) is 0 Å². The Hall–Kier alpha value is -2.59. The standard InChI is InChI=1S/C24H22BrNO2/c1-3-4-14-28-24(27)20-13-12-18(16-8-7-9-17(25)15-16)22-19-10-5-6-11-21(19)26(2)23(20)22/h5-13,15H,3-4,14H2,1-2H3. The molecule has 0 bridgehead atoms. The van der Waals surface area contributed by atoms with Crippen molar-refractivity contribution in [1.29, 1.82) is 0 Å². The lowest BCUT2D eigenvalue weighted by molar-refractivity contribution is 0.0501. The number of fused-ring (bicyclic) bond motifs is 3. The van der Waals surface area contributed by atoms with Crippen LogP contribution in [0, 0.1) is 0 Å². The van der Waals surface area contributed by atoms with Crippen LogP contribution in [-0.4, -0.2) is 17.1 Å². The number of para-hydroxylation sites is 1. The van der Waals surface area contributed by atoms with Gasteiger partial charge in [0.05, 0.1) is 17.7 Å². The zero-order chi connectivity index (χ0) is 19.7. The summed E-state index contributed by atoms with van der Waals surface area (Å²) in [5.41, 5.74) is 4.85. The molecule has 3 nitrogen and oxygen atoms in total. The molecule has 28 heavy (non-hydrogen) atoms. The van der Waals surface area contributed by atoms with E-state index in [0.29, 0.717) is 12.2 Å². The summed E-state index contributed by atoms with van der Waals surface area (Å²) in [5, 5.41) is 2.22. The van der Waals surface area contributed by atoms with Gasteiger partial charge in [-0.2, -0.15) is 0 Å². The number of carbonyl (C=O) groups is 1. The van der Waals surface area contributed by atoms with E-state index in [2.05, 4.69) is 51.7 Å². The molecule has 0 N–H and O–H groups in total. The maximum atomic E-state index is 12.8. The Bertz CT molecular complexity index is 1180. The normalized spacial score (nSPS) is 11.2. The van der Waals surface area contributed by atoms with Crippen molar-refractivity contribution >= 4 is 43.7 Å². The fraction of sp³-hybridized carbons (Fsp3) is 0.208. The minimum atomic E-state index is -0.259. The van der Waals surface area contributed by atoms with Gasteiger partial charge in [-0.25, -0.2) is 4.79 Å². The fourth-order valence-electron chi connectivity index (χ4n) is 3.76. The molecule has 0 saturated heterocycles. The molecule has 0 aliphatic carbocycles. The third-order valence-corrected chi connectivity index (χ3v) is 5.63. The molecular weight excluding hydrogens is 414 g/mol. The zero-order valence-electron chi connectivity index (χ0n) is 16.0. The van der Waals surface area contributed by atoms with Gasteiger partial charge < -0.3 is 9.30 Å². The van der Waals surface area contributed by atoms with Gasteiger partial charge in [-0.05, 0) is 41.8 Å². The topological polar surface area (TPSA) is 31.2 Å². The maximum absolute atomic E-state index is 12.8. The second-order valence-corrected chi connectivity index (χ2v) is 7.88. The first kappa shape index (κ1) is 18.8. The molecule has 0 atom stereocenters. The first-order valence-corrected chi connectivity index (χ1v) is 10.3. The first-order valence-electron chi connectivity index (χ1n) is 9.55. The molecule has 0 unspecified atom stereocenters. The van der Waals surface area contributed by atoms with Crippen LogP contribution >= 0.6 is 15.9 Å². The quantitative estimate of drug-likeness (QED) is 0.257. The van der Waals surface area contributed by atoms with Crippen molar-refractivity contribution in [3.05, 3.63) is 70.7 Å². The summed E-state index contributed by atoms with van der Waals surface area (Å²) >= 11 is 3.57. The Morgan fingerprint density at radius 1 is 1.07 bits per heavy atom. The highest BCUT2D eigenvalue weighted by atomic mass is 79.9. The predicted molar refractivity (Wildman–Crippen MR) is 119 cm³/mol. The van der Waals surface area contributed by atoms with Crippen LogP contribution in [0.3, 0.4) is 0 Å². The van der Waals surface area contributed by atoms with Crippen LogP contribution in [-0.2, 0) is 11.8 Å². The van der Waals surface area contributed by atoms with Crippen molar-refractivity contribution in [1.82, 2.24) is 4.57 Å². The van der Waals surface area contributed by atoms with Crippen molar-refractivity contribution in [2.75, 3.05) is 6.61 Å². The zero-order valence-corrected chi connectivity index (χ0v) is 17.6. The average molecular weight is 436 g/mol. The van der Waals surface area contributed by atoms with Crippen LogP contribution in [0.5, 0.6) is 0 Å². The summed E-state index contributed by atoms with van der Waals surface area (Å²) < 4.78 is 8.66. The van der Waals surface area contributed by atoms with E-state index in [1.807, 2.05) is 43.4 Å². The Morgan fingerprint density at radius 3 is 2.68 bits per heavy atom. The molecule has 142 valence electrons. The maximum Gasteiger partial charge on any atom is 0.340 e. The van der Waals surface area contributed by atoms with Crippen LogP contribution in [0.25, 0.3) is 32.9 Å². The molecule has 1 heterocycles. The molecule has 3 aromatic carbocycles. The number of unbranched alkanes of at least 4 members (excludes halogenated alkanes) is 1. The SMILES string of the molecule is CCCCOC(=O)c1ccc(-c2cccc(Br)c2)c2c3ccccc3n(C)c12. The fourth-order valence-corrected chi connectivity index (χ4v) is 4.16. The van der Waals surface area contributed by atoms with E-state index in [4.69, 9.17) is 4.74 Å². The van der Waals surface area contributed by atoms with Crippen molar-refractivity contribution in [2.45, 2.75) is 19.8 Å². The summed E-state index contributed by atoms with van der Waals surface area (Å²) in [4.78, 5) is 12.8. The summed E-state index contributed by atoms with van der Waals surface area (Å²) in [6.07, 6.45) is 1.87. The molecule has 0 aliphatic rings. The van der Waals surface area contributed by atoms with Crippen LogP contribution in [0.15, 0.2) is 65.1 Å². The van der Waals surface area contributed by atoms with Gasteiger partial charge in [0, 0.05) is 27.8 Å². The van der Waals surface area contributed by atoms with Crippen LogP contribution < -0.4 is 0 Å². The third-order valence-electron chi connectivity index (χ3n) is 5.13. The molecule has 0 radical (unpaired) electrons. The summed E-state index contributed by atoms with van der Waals surface area (Å²) in [5.74, 6) is -0.259. The minimum Gasteiger partial charge on any atom is -0.462 e. The Kier molecular flexibility index (Phi) is 5.23. The lowest BCUT2D eigenvalue weighted by atomic mass is 9.97. The molecule has 0 amide bonds. The van der Waals surface area contributed by atoms with Gasteiger partial charge in [0.25, 0.3) is 0 Å². The number of hydrogen-bond donors (Lipinski definition) is 0. The molecule has 4 rings (SSSR count). The number of rotatable bonds is 5. The lowest BCUT2D eigenvalue weighted by Gasteiger charge is -2.11. The highest BCUT2D eigenvalue weighted by Crippen LogP contribution is 2.38. The predicted octanol–water partition coefficient (Wildman–Crippen LogP) is 6.72. The summed E-state index contributed by atoms with van der Waals surface area (Å²) in [7, 11) is 2.01. The van der Waals surface area contributed by atoms with Crippen molar-refractivity contribution < 1.29 is 9.53 Å². The van der Waals surface area contributed by atoms with Crippen LogP contribution in [0.1, 0.15) is 30.1 Å². The number of benzene rings is 3. The molecule has 0 fully saturated rings. The molecule has 0 saturated carbocycles. The van der Waals surface area contributed by atoms with E-state index < -0.39 is 0 Å². The number of aromatic nitrogens is 1. The minimum absolute atomic E-state index is 0.259. The lowest BCUT2D eigenvalue weighted by Crippen LogP contribution is -2.08. The van der Waals surface area contributed by atoms with E-state index in [0.717, 1.165) is 50.2 Å². The first-order chi connectivity index (χ1) is 13.6. The van der Waals surface area contributed by atoms with Gasteiger partial charge in [-0.1, -0.05) is 65.7 Å². The number of carbonyl (C=O) groups excluding carboxylic acids is 1. The number of halogens is 1. The average Bonchev–Trinajstić information content (AvgIpc) is 3.01.